The number of fused-ring (bicyclic) bond motifs is 1. The topological polar surface area (TPSA) is 24.9 Å². The highest BCUT2D eigenvalue weighted by Crippen LogP contribution is 2.36. The molecule has 3 aromatic carbocycles. The molecule has 2 aliphatic heterocycles. The molecule has 0 aliphatic carbocycles. The Hall–Kier alpha value is -2.38. The summed E-state index contributed by atoms with van der Waals surface area (Å²) in [6.45, 7) is 5.97. The molecule has 0 radical (unpaired) electrons. The smallest absolute Gasteiger partial charge is 0.161 e. The molecule has 0 saturated carbocycles. The monoisotopic (exact) mass is 536 g/mol. The molecule has 5 rings (SSSR count). The Labute approximate surface area is 224 Å². The lowest BCUT2D eigenvalue weighted by atomic mass is 9.86. The fourth-order valence-electron chi connectivity index (χ4n) is 5.14. The third-order valence-electron chi connectivity index (χ3n) is 7.12. The molecule has 2 aliphatic rings. The van der Waals surface area contributed by atoms with Crippen molar-refractivity contribution in [3.05, 3.63) is 95.1 Å². The fraction of sp³-hybridized carbons (Fsp3) is 0.357. The highest BCUT2D eigenvalue weighted by Gasteiger charge is 2.39. The summed E-state index contributed by atoms with van der Waals surface area (Å²) >= 11 is 0. The first-order valence-electron chi connectivity index (χ1n) is 11.8. The van der Waals surface area contributed by atoms with Crippen molar-refractivity contribution in [3.8, 4) is 11.5 Å². The van der Waals surface area contributed by atoms with Crippen LogP contribution in [0.25, 0.3) is 0 Å². The van der Waals surface area contributed by atoms with E-state index in [-0.39, 0.29) is 48.0 Å². The van der Waals surface area contributed by atoms with Gasteiger partial charge in [0.15, 0.2) is 11.5 Å². The van der Waals surface area contributed by atoms with Crippen LogP contribution >= 0.6 is 24.8 Å². The van der Waals surface area contributed by atoms with Crippen LogP contribution in [0.15, 0.2) is 66.7 Å². The number of halogens is 4. The Morgan fingerprint density at radius 2 is 1.36 bits per heavy atom. The molecule has 1 saturated heterocycles. The van der Waals surface area contributed by atoms with Crippen molar-refractivity contribution in [2.75, 3.05) is 39.9 Å². The number of benzene rings is 3. The summed E-state index contributed by atoms with van der Waals surface area (Å²) in [6.07, 6.45) is 0.843. The van der Waals surface area contributed by atoms with E-state index < -0.39 is 0 Å². The van der Waals surface area contributed by atoms with Crippen LogP contribution in [0, 0.1) is 11.6 Å². The van der Waals surface area contributed by atoms with E-state index in [2.05, 4.69) is 35.9 Å². The zero-order chi connectivity index (χ0) is 23.7. The van der Waals surface area contributed by atoms with Crippen molar-refractivity contribution < 1.29 is 18.3 Å². The molecule has 2 heterocycles. The van der Waals surface area contributed by atoms with Gasteiger partial charge in [-0.25, -0.2) is 8.78 Å². The Balaban J connectivity index is 0.00000180. The van der Waals surface area contributed by atoms with Crippen LogP contribution in [0.2, 0.25) is 0 Å². The molecule has 36 heavy (non-hydrogen) atoms. The van der Waals surface area contributed by atoms with Crippen LogP contribution in [0.1, 0.15) is 29.7 Å². The molecule has 8 heteroatoms. The van der Waals surface area contributed by atoms with Crippen LogP contribution in [-0.4, -0.2) is 55.2 Å². The quantitative estimate of drug-likeness (QED) is 0.404. The van der Waals surface area contributed by atoms with Crippen molar-refractivity contribution in [1.82, 2.24) is 9.80 Å². The van der Waals surface area contributed by atoms with Crippen LogP contribution in [0.5, 0.6) is 11.5 Å². The van der Waals surface area contributed by atoms with E-state index in [1.807, 2.05) is 30.3 Å². The molecule has 0 spiro atoms. The van der Waals surface area contributed by atoms with Gasteiger partial charge < -0.3 is 9.47 Å². The summed E-state index contributed by atoms with van der Waals surface area (Å²) in [6, 6.07) is 19.4. The standard InChI is InChI=1S/C28H30F2N2O2.2ClH/c1-28(18-20-3-12-25-26(17-20)34-16-15-33-25)19-32(14-13-31(28)2)27(21-4-8-23(29)9-5-21)22-6-10-24(30)11-7-22;;/h3-12,17,27H,13-16,18-19H2,1-2H3;2*1H. The van der Waals surface area contributed by atoms with Gasteiger partial charge in [0, 0.05) is 25.2 Å². The van der Waals surface area contributed by atoms with Crippen LogP contribution in [0.4, 0.5) is 8.78 Å². The van der Waals surface area contributed by atoms with Gasteiger partial charge in [0.05, 0.1) is 6.04 Å². The maximum Gasteiger partial charge on any atom is 0.161 e. The van der Waals surface area contributed by atoms with E-state index in [0.717, 1.165) is 48.7 Å². The Bertz CT molecular complexity index is 1100. The van der Waals surface area contributed by atoms with E-state index in [4.69, 9.17) is 9.47 Å². The second kappa shape index (κ2) is 11.8. The SMILES string of the molecule is CN1CCN(C(c2ccc(F)cc2)c2ccc(F)cc2)CC1(C)Cc1ccc2c(c1)OCCO2.Cl.Cl. The van der Waals surface area contributed by atoms with Crippen LogP contribution in [-0.2, 0) is 6.42 Å². The number of nitrogens with zero attached hydrogens (tertiary/aromatic N) is 2. The number of rotatable bonds is 5. The summed E-state index contributed by atoms with van der Waals surface area (Å²) in [5, 5.41) is 0. The van der Waals surface area contributed by atoms with E-state index in [0.29, 0.717) is 13.2 Å². The van der Waals surface area contributed by atoms with E-state index >= 15 is 0 Å². The third kappa shape index (κ3) is 5.94. The van der Waals surface area contributed by atoms with Crippen molar-refractivity contribution >= 4 is 24.8 Å². The third-order valence-corrected chi connectivity index (χ3v) is 7.12. The average Bonchev–Trinajstić information content (AvgIpc) is 2.84. The molecule has 1 unspecified atom stereocenters. The predicted molar refractivity (Wildman–Crippen MR) is 143 cm³/mol. The van der Waals surface area contributed by atoms with Crippen molar-refractivity contribution in [1.29, 1.82) is 0 Å². The van der Waals surface area contributed by atoms with Gasteiger partial charge >= 0.3 is 0 Å². The van der Waals surface area contributed by atoms with Crippen molar-refractivity contribution in [2.45, 2.75) is 24.9 Å². The summed E-state index contributed by atoms with van der Waals surface area (Å²) in [4.78, 5) is 4.84. The summed E-state index contributed by atoms with van der Waals surface area (Å²) in [7, 11) is 2.17. The average molecular weight is 537 g/mol. The van der Waals surface area contributed by atoms with E-state index in [1.54, 1.807) is 0 Å². The first-order chi connectivity index (χ1) is 16.4. The van der Waals surface area contributed by atoms with E-state index in [9.17, 15) is 8.78 Å². The minimum Gasteiger partial charge on any atom is -0.486 e. The molecule has 0 amide bonds. The molecule has 0 bridgehead atoms. The van der Waals surface area contributed by atoms with Crippen molar-refractivity contribution in [2.24, 2.45) is 0 Å². The second-order valence-electron chi connectivity index (χ2n) is 9.55. The number of hydrogen-bond acceptors (Lipinski definition) is 4. The number of hydrogen-bond donors (Lipinski definition) is 0. The zero-order valence-electron chi connectivity index (χ0n) is 20.5. The highest BCUT2D eigenvalue weighted by molar-refractivity contribution is 5.85. The lowest BCUT2D eigenvalue weighted by Crippen LogP contribution is -2.60. The first kappa shape index (κ1) is 28.2. The molecule has 0 N–H and O–H groups in total. The van der Waals surface area contributed by atoms with Gasteiger partial charge in [-0.1, -0.05) is 30.3 Å². The molecular weight excluding hydrogens is 505 g/mol. The molecule has 1 fully saturated rings. The van der Waals surface area contributed by atoms with Crippen LogP contribution < -0.4 is 9.47 Å². The molecule has 194 valence electrons. The van der Waals surface area contributed by atoms with Gasteiger partial charge in [-0.2, -0.15) is 0 Å². The number of ether oxygens (including phenoxy) is 2. The Morgan fingerprint density at radius 3 is 1.94 bits per heavy atom. The lowest BCUT2D eigenvalue weighted by molar-refractivity contribution is 0.0133. The maximum atomic E-state index is 13.7. The molecule has 1 atom stereocenters. The number of likely N-dealkylation sites (N-methyl/N-ethyl adjacent to an activating group) is 1. The first-order valence-corrected chi connectivity index (χ1v) is 11.8. The second-order valence-corrected chi connectivity index (χ2v) is 9.55. The molecule has 3 aromatic rings. The molecular formula is C28H32Cl2F2N2O2. The summed E-state index contributed by atoms with van der Waals surface area (Å²) < 4.78 is 38.9. The van der Waals surface area contributed by atoms with Gasteiger partial charge in [-0.05, 0) is 73.5 Å². The molecule has 0 aromatic heterocycles. The Morgan fingerprint density at radius 1 is 0.806 bits per heavy atom. The fourth-order valence-corrected chi connectivity index (χ4v) is 5.14. The van der Waals surface area contributed by atoms with Gasteiger partial charge in [0.2, 0.25) is 0 Å². The molecule has 4 nitrogen and oxygen atoms in total. The number of piperazine rings is 1. The summed E-state index contributed by atoms with van der Waals surface area (Å²) in [5.74, 6) is 1.08. The zero-order valence-corrected chi connectivity index (χ0v) is 22.1. The van der Waals surface area contributed by atoms with Crippen LogP contribution in [0.3, 0.4) is 0 Å². The summed E-state index contributed by atoms with van der Waals surface area (Å²) in [5.41, 5.74) is 3.05. The minimum atomic E-state index is -0.261. The maximum absolute atomic E-state index is 13.7. The van der Waals surface area contributed by atoms with Gasteiger partial charge in [-0.3, -0.25) is 9.80 Å². The highest BCUT2D eigenvalue weighted by atomic mass is 35.5. The lowest BCUT2D eigenvalue weighted by Gasteiger charge is -2.50. The normalized spacial score (nSPS) is 19.9. The van der Waals surface area contributed by atoms with Crippen molar-refractivity contribution in [3.63, 3.8) is 0 Å². The Kier molecular flexibility index (Phi) is 9.23. The largest absolute Gasteiger partial charge is 0.486 e. The van der Waals surface area contributed by atoms with Gasteiger partial charge in [-0.15, -0.1) is 24.8 Å². The predicted octanol–water partition coefficient (Wildman–Crippen LogP) is 5.92. The van der Waals surface area contributed by atoms with Gasteiger partial charge in [0.25, 0.3) is 0 Å². The van der Waals surface area contributed by atoms with E-state index in [1.165, 1.54) is 29.8 Å². The minimum absolute atomic E-state index is 0. The van der Waals surface area contributed by atoms with Gasteiger partial charge in [0.1, 0.15) is 24.8 Å².